The molecule has 3 aliphatic rings. The lowest BCUT2D eigenvalue weighted by Crippen LogP contribution is -2.50. The van der Waals surface area contributed by atoms with Crippen molar-refractivity contribution in [3.8, 4) is 0 Å². The third-order valence-electron chi connectivity index (χ3n) is 4.96. The summed E-state index contributed by atoms with van der Waals surface area (Å²) in [4.78, 5) is 0. The summed E-state index contributed by atoms with van der Waals surface area (Å²) in [6, 6.07) is 0.603. The van der Waals surface area contributed by atoms with Crippen LogP contribution in [0.1, 0.15) is 38.5 Å². The molecule has 0 radical (unpaired) electrons. The number of hydrogen-bond donors (Lipinski definition) is 2. The Balaban J connectivity index is 1.50. The Kier molecular flexibility index (Phi) is 3.90. The van der Waals surface area contributed by atoms with Gasteiger partial charge in [0.2, 0.25) is 0 Å². The fourth-order valence-corrected chi connectivity index (χ4v) is 4.46. The molecule has 2 aliphatic heterocycles. The van der Waals surface area contributed by atoms with E-state index in [-0.39, 0.29) is 11.0 Å². The van der Waals surface area contributed by atoms with E-state index in [0.717, 1.165) is 19.6 Å². The van der Waals surface area contributed by atoms with Crippen LogP contribution in [0.4, 0.5) is 0 Å². The zero-order valence-corrected chi connectivity index (χ0v) is 11.9. The van der Waals surface area contributed by atoms with Crippen LogP contribution in [-0.2, 0) is 4.74 Å². The number of thioether (sulfide) groups is 1. The van der Waals surface area contributed by atoms with Crippen molar-refractivity contribution >= 4 is 11.8 Å². The molecule has 0 aromatic heterocycles. The van der Waals surface area contributed by atoms with Gasteiger partial charge in [-0.3, -0.25) is 0 Å². The van der Waals surface area contributed by atoms with Gasteiger partial charge in [-0.05, 0) is 50.0 Å². The third kappa shape index (κ3) is 2.87. The molecule has 0 bridgehead atoms. The molecular formula is C14H25NO2S. The minimum Gasteiger partial charge on any atom is -0.396 e. The van der Waals surface area contributed by atoms with Crippen molar-refractivity contribution in [3.05, 3.63) is 0 Å². The summed E-state index contributed by atoms with van der Waals surface area (Å²) in [5, 5.41) is 13.1. The fourth-order valence-electron chi connectivity index (χ4n) is 3.22. The van der Waals surface area contributed by atoms with Gasteiger partial charge in [-0.25, -0.2) is 0 Å². The molecule has 1 saturated carbocycles. The highest BCUT2D eigenvalue weighted by molar-refractivity contribution is 7.99. The van der Waals surface area contributed by atoms with Crippen molar-refractivity contribution in [1.82, 2.24) is 5.32 Å². The first-order valence-corrected chi connectivity index (χ1v) is 8.47. The van der Waals surface area contributed by atoms with Gasteiger partial charge in [0, 0.05) is 31.2 Å². The van der Waals surface area contributed by atoms with Crippen LogP contribution in [0.3, 0.4) is 0 Å². The zero-order valence-electron chi connectivity index (χ0n) is 11.1. The van der Waals surface area contributed by atoms with Crippen LogP contribution in [0, 0.1) is 5.41 Å². The molecule has 0 aromatic carbocycles. The van der Waals surface area contributed by atoms with Crippen LogP contribution in [0.2, 0.25) is 0 Å². The van der Waals surface area contributed by atoms with Crippen molar-refractivity contribution in [2.75, 3.05) is 31.3 Å². The summed E-state index contributed by atoms with van der Waals surface area (Å²) >= 11 is 2.06. The topological polar surface area (TPSA) is 41.5 Å². The van der Waals surface area contributed by atoms with Crippen molar-refractivity contribution in [2.24, 2.45) is 5.41 Å². The van der Waals surface area contributed by atoms with Gasteiger partial charge in [0.05, 0.1) is 5.60 Å². The van der Waals surface area contributed by atoms with E-state index >= 15 is 0 Å². The number of ether oxygens (including phenoxy) is 1. The van der Waals surface area contributed by atoms with Gasteiger partial charge in [0.15, 0.2) is 0 Å². The predicted molar refractivity (Wildman–Crippen MR) is 75.0 cm³/mol. The van der Waals surface area contributed by atoms with Crippen molar-refractivity contribution in [1.29, 1.82) is 0 Å². The normalized spacial score (nSPS) is 33.5. The van der Waals surface area contributed by atoms with E-state index in [1.54, 1.807) is 0 Å². The van der Waals surface area contributed by atoms with Gasteiger partial charge in [-0.15, -0.1) is 0 Å². The Hall–Kier alpha value is 0.230. The van der Waals surface area contributed by atoms with Gasteiger partial charge >= 0.3 is 0 Å². The van der Waals surface area contributed by atoms with Crippen molar-refractivity contribution in [3.63, 3.8) is 0 Å². The maximum atomic E-state index is 9.36. The van der Waals surface area contributed by atoms with Gasteiger partial charge in [0.25, 0.3) is 0 Å². The first kappa shape index (κ1) is 13.2. The molecular weight excluding hydrogens is 246 g/mol. The Bertz CT molecular complexity index is 282. The monoisotopic (exact) mass is 271 g/mol. The summed E-state index contributed by atoms with van der Waals surface area (Å²) < 4.78 is 6.11. The van der Waals surface area contributed by atoms with Crippen LogP contribution >= 0.6 is 11.8 Å². The summed E-state index contributed by atoms with van der Waals surface area (Å²) in [6.07, 6.45) is 7.15. The Morgan fingerprint density at radius 2 is 2.00 bits per heavy atom. The number of hydrogen-bond acceptors (Lipinski definition) is 4. The maximum absolute atomic E-state index is 9.36. The van der Waals surface area contributed by atoms with E-state index in [1.165, 1.54) is 43.6 Å². The van der Waals surface area contributed by atoms with E-state index in [2.05, 4.69) is 17.1 Å². The van der Waals surface area contributed by atoms with E-state index in [0.29, 0.717) is 12.6 Å². The highest BCUT2D eigenvalue weighted by Crippen LogP contribution is 2.45. The number of aliphatic hydroxyl groups excluding tert-OH is 1. The maximum Gasteiger partial charge on any atom is 0.0713 e. The lowest BCUT2D eigenvalue weighted by molar-refractivity contribution is -0.0936. The first-order chi connectivity index (χ1) is 8.76. The van der Waals surface area contributed by atoms with Crippen LogP contribution in [0.25, 0.3) is 0 Å². The van der Waals surface area contributed by atoms with Gasteiger partial charge < -0.3 is 15.2 Å². The molecule has 1 unspecified atom stereocenters. The highest BCUT2D eigenvalue weighted by Gasteiger charge is 2.43. The number of rotatable bonds is 4. The van der Waals surface area contributed by atoms with Crippen molar-refractivity contribution < 1.29 is 9.84 Å². The van der Waals surface area contributed by atoms with E-state index < -0.39 is 0 Å². The van der Waals surface area contributed by atoms with Gasteiger partial charge in [-0.1, -0.05) is 0 Å². The molecule has 3 nitrogen and oxygen atoms in total. The highest BCUT2D eigenvalue weighted by atomic mass is 32.2. The van der Waals surface area contributed by atoms with Crippen LogP contribution in [-0.4, -0.2) is 48.0 Å². The molecule has 0 aromatic rings. The Labute approximate surface area is 114 Å². The predicted octanol–water partition coefficient (Wildman–Crippen LogP) is 1.79. The van der Waals surface area contributed by atoms with Crippen molar-refractivity contribution in [2.45, 2.75) is 50.2 Å². The third-order valence-corrected chi connectivity index (χ3v) is 5.94. The van der Waals surface area contributed by atoms with Gasteiger partial charge in [0.1, 0.15) is 0 Å². The largest absolute Gasteiger partial charge is 0.396 e. The standard InChI is InChI=1S/C14H25NO2S/c16-11-13(2-3-13)10-15-12-1-6-17-14(9-12)4-7-18-8-5-14/h12,15-16H,1-11H2. The molecule has 3 rings (SSSR count). The lowest BCUT2D eigenvalue weighted by atomic mass is 9.85. The Morgan fingerprint density at radius 3 is 2.67 bits per heavy atom. The summed E-state index contributed by atoms with van der Waals surface area (Å²) in [5.41, 5.74) is 0.408. The zero-order chi connectivity index (χ0) is 12.5. The molecule has 2 N–H and O–H groups in total. The molecule has 4 heteroatoms. The number of aliphatic hydroxyl groups is 1. The molecule has 1 spiro atoms. The molecule has 1 atom stereocenters. The Morgan fingerprint density at radius 1 is 1.22 bits per heavy atom. The van der Waals surface area contributed by atoms with E-state index in [4.69, 9.17) is 4.74 Å². The summed E-state index contributed by atoms with van der Waals surface area (Å²) in [7, 11) is 0. The molecule has 2 heterocycles. The van der Waals surface area contributed by atoms with Crippen LogP contribution < -0.4 is 5.32 Å². The molecule has 1 aliphatic carbocycles. The van der Waals surface area contributed by atoms with Crippen LogP contribution in [0.15, 0.2) is 0 Å². The first-order valence-electron chi connectivity index (χ1n) is 7.32. The second kappa shape index (κ2) is 5.31. The van der Waals surface area contributed by atoms with E-state index in [9.17, 15) is 5.11 Å². The quantitative estimate of drug-likeness (QED) is 0.818. The molecule has 104 valence electrons. The van der Waals surface area contributed by atoms with Crippen LogP contribution in [0.5, 0.6) is 0 Å². The second-order valence-electron chi connectivity index (χ2n) is 6.37. The fraction of sp³-hybridized carbons (Fsp3) is 1.00. The average molecular weight is 271 g/mol. The van der Waals surface area contributed by atoms with E-state index in [1.807, 2.05) is 0 Å². The molecule has 2 saturated heterocycles. The second-order valence-corrected chi connectivity index (χ2v) is 7.60. The smallest absolute Gasteiger partial charge is 0.0713 e. The molecule has 0 amide bonds. The van der Waals surface area contributed by atoms with Gasteiger partial charge in [-0.2, -0.15) is 11.8 Å². The number of nitrogens with one attached hydrogen (secondary N) is 1. The minimum atomic E-state index is 0.178. The summed E-state index contributed by atoms with van der Waals surface area (Å²) in [6.45, 7) is 2.26. The molecule has 18 heavy (non-hydrogen) atoms. The SMILES string of the molecule is OCC1(CNC2CCOC3(CCSCC3)C2)CC1. The average Bonchev–Trinajstić information content (AvgIpc) is 3.18. The molecule has 3 fully saturated rings. The lowest BCUT2D eigenvalue weighted by Gasteiger charge is -2.43. The minimum absolute atomic E-state index is 0.178. The summed E-state index contributed by atoms with van der Waals surface area (Å²) in [5.74, 6) is 2.51.